The topological polar surface area (TPSA) is 49.3 Å². The monoisotopic (exact) mass is 303 g/mol. The van der Waals surface area contributed by atoms with Crippen LogP contribution in [0.2, 0.25) is 0 Å². The first-order chi connectivity index (χ1) is 9.39. The van der Waals surface area contributed by atoms with Crippen LogP contribution in [0.15, 0.2) is 12.1 Å². The van der Waals surface area contributed by atoms with Crippen LogP contribution in [0.1, 0.15) is 37.0 Å². The number of rotatable bonds is 7. The molecule has 0 aliphatic rings. The van der Waals surface area contributed by atoms with Gasteiger partial charge in [-0.3, -0.25) is 0 Å². The van der Waals surface area contributed by atoms with Gasteiger partial charge in [-0.05, 0) is 31.2 Å². The predicted molar refractivity (Wildman–Crippen MR) is 78.6 cm³/mol. The summed E-state index contributed by atoms with van der Waals surface area (Å²) in [7, 11) is 0. The van der Waals surface area contributed by atoms with Crippen molar-refractivity contribution in [2.24, 2.45) is 0 Å². The van der Waals surface area contributed by atoms with E-state index in [1.54, 1.807) is 11.8 Å². The number of aromatic carboxylic acids is 1. The van der Waals surface area contributed by atoms with E-state index in [9.17, 15) is 13.6 Å². The summed E-state index contributed by atoms with van der Waals surface area (Å²) in [6, 6.07) is 1.65. The van der Waals surface area contributed by atoms with Gasteiger partial charge in [-0.1, -0.05) is 13.8 Å². The van der Waals surface area contributed by atoms with Crippen LogP contribution >= 0.6 is 11.8 Å². The molecule has 0 spiro atoms. The van der Waals surface area contributed by atoms with Crippen LogP contribution in [0, 0.1) is 11.6 Å². The van der Waals surface area contributed by atoms with Gasteiger partial charge in [0.15, 0.2) is 0 Å². The van der Waals surface area contributed by atoms with Gasteiger partial charge >= 0.3 is 5.97 Å². The fourth-order valence-electron chi connectivity index (χ4n) is 1.98. The van der Waals surface area contributed by atoms with Crippen molar-refractivity contribution in [3.05, 3.63) is 29.3 Å². The Morgan fingerprint density at radius 1 is 1.30 bits per heavy atom. The zero-order valence-corrected chi connectivity index (χ0v) is 12.6. The van der Waals surface area contributed by atoms with Gasteiger partial charge < -0.3 is 10.4 Å². The number of anilines is 1. The summed E-state index contributed by atoms with van der Waals surface area (Å²) in [5, 5.41) is 11.5. The maximum Gasteiger partial charge on any atom is 0.335 e. The highest BCUT2D eigenvalue weighted by Crippen LogP contribution is 2.31. The molecule has 1 aromatic carbocycles. The molecular formula is C14H19F2NO2S. The van der Waals surface area contributed by atoms with Gasteiger partial charge in [-0.25, -0.2) is 13.6 Å². The second-order valence-electron chi connectivity index (χ2n) is 4.57. The van der Waals surface area contributed by atoms with E-state index in [0.717, 1.165) is 25.0 Å². The molecular weight excluding hydrogens is 284 g/mol. The lowest BCUT2D eigenvalue weighted by Crippen LogP contribution is -2.32. The molecule has 0 aliphatic heterocycles. The van der Waals surface area contributed by atoms with Crippen LogP contribution in [0.25, 0.3) is 0 Å². The summed E-state index contributed by atoms with van der Waals surface area (Å²) in [4.78, 5) is 10.7. The number of carboxylic acid groups (broad SMARTS) is 1. The second-order valence-corrected chi connectivity index (χ2v) is 5.84. The van der Waals surface area contributed by atoms with Crippen molar-refractivity contribution in [1.82, 2.24) is 0 Å². The van der Waals surface area contributed by atoms with Crippen molar-refractivity contribution in [2.75, 3.05) is 18.1 Å². The Labute approximate surface area is 121 Å². The lowest BCUT2D eigenvalue weighted by molar-refractivity contribution is 0.0696. The average molecular weight is 303 g/mol. The second kappa shape index (κ2) is 6.92. The number of halogens is 2. The van der Waals surface area contributed by atoms with Crippen molar-refractivity contribution in [3.63, 3.8) is 0 Å². The Morgan fingerprint density at radius 2 is 1.80 bits per heavy atom. The van der Waals surface area contributed by atoms with Crippen LogP contribution < -0.4 is 5.32 Å². The summed E-state index contributed by atoms with van der Waals surface area (Å²) in [5.74, 6) is -3.12. The molecule has 2 N–H and O–H groups in total. The highest BCUT2D eigenvalue weighted by Gasteiger charge is 2.26. The molecule has 0 aromatic heterocycles. The molecule has 1 aromatic rings. The third-order valence-electron chi connectivity index (χ3n) is 3.60. The van der Waals surface area contributed by atoms with Crippen LogP contribution in [0.5, 0.6) is 0 Å². The van der Waals surface area contributed by atoms with E-state index in [-0.39, 0.29) is 10.4 Å². The fourth-order valence-corrected chi connectivity index (χ4v) is 2.77. The quantitative estimate of drug-likeness (QED) is 0.799. The van der Waals surface area contributed by atoms with Gasteiger partial charge in [0.1, 0.15) is 17.3 Å². The first-order valence-corrected chi connectivity index (χ1v) is 7.63. The summed E-state index contributed by atoms with van der Waals surface area (Å²) in [5.41, 5.74) is -0.664. The Balaban J connectivity index is 2.96. The minimum atomic E-state index is -1.35. The van der Waals surface area contributed by atoms with Gasteiger partial charge in [-0.15, -0.1) is 0 Å². The summed E-state index contributed by atoms with van der Waals surface area (Å²) >= 11 is 1.65. The van der Waals surface area contributed by atoms with E-state index < -0.39 is 23.2 Å². The van der Waals surface area contributed by atoms with Crippen molar-refractivity contribution in [2.45, 2.75) is 31.4 Å². The normalized spacial score (nSPS) is 11.4. The number of nitrogens with one attached hydrogen (secondary N) is 1. The minimum absolute atomic E-state index is 0.0929. The number of benzene rings is 1. The van der Waals surface area contributed by atoms with Gasteiger partial charge in [-0.2, -0.15) is 11.8 Å². The minimum Gasteiger partial charge on any atom is -0.478 e. The maximum atomic E-state index is 13.8. The van der Waals surface area contributed by atoms with Gasteiger partial charge in [0.25, 0.3) is 0 Å². The lowest BCUT2D eigenvalue weighted by atomic mass is 10.0. The number of hydrogen-bond donors (Lipinski definition) is 2. The number of carboxylic acids is 1. The molecule has 0 saturated carbocycles. The largest absolute Gasteiger partial charge is 0.478 e. The SMILES string of the molecule is CCC(CC)(CNc1c(F)cc(C(=O)O)cc1F)SC. The van der Waals surface area contributed by atoms with Crippen LogP contribution in [0.4, 0.5) is 14.5 Å². The van der Waals surface area contributed by atoms with Crippen molar-refractivity contribution >= 4 is 23.4 Å². The van der Waals surface area contributed by atoms with E-state index >= 15 is 0 Å². The molecule has 0 radical (unpaired) electrons. The van der Waals surface area contributed by atoms with E-state index in [1.807, 2.05) is 20.1 Å². The Hall–Kier alpha value is -1.30. The smallest absolute Gasteiger partial charge is 0.335 e. The lowest BCUT2D eigenvalue weighted by Gasteiger charge is -2.30. The van der Waals surface area contributed by atoms with Gasteiger partial charge in [0.05, 0.1) is 5.56 Å². The van der Waals surface area contributed by atoms with Crippen LogP contribution in [-0.4, -0.2) is 28.6 Å². The van der Waals surface area contributed by atoms with Gasteiger partial charge in [0, 0.05) is 11.3 Å². The first-order valence-electron chi connectivity index (χ1n) is 6.40. The van der Waals surface area contributed by atoms with Crippen molar-refractivity contribution in [3.8, 4) is 0 Å². The molecule has 0 aliphatic carbocycles. The molecule has 0 bridgehead atoms. The fraction of sp³-hybridized carbons (Fsp3) is 0.500. The van der Waals surface area contributed by atoms with Crippen LogP contribution in [0.3, 0.4) is 0 Å². The maximum absolute atomic E-state index is 13.8. The molecule has 0 saturated heterocycles. The van der Waals surface area contributed by atoms with E-state index in [2.05, 4.69) is 5.32 Å². The summed E-state index contributed by atoms with van der Waals surface area (Å²) < 4.78 is 27.5. The highest BCUT2D eigenvalue weighted by atomic mass is 32.2. The van der Waals surface area contributed by atoms with Gasteiger partial charge in [0.2, 0.25) is 0 Å². The number of carbonyl (C=O) groups is 1. The highest BCUT2D eigenvalue weighted by molar-refractivity contribution is 8.00. The zero-order valence-electron chi connectivity index (χ0n) is 11.8. The average Bonchev–Trinajstić information content (AvgIpc) is 2.42. The standard InChI is InChI=1S/C14H19F2NO2S/c1-4-14(5-2,20-3)8-17-12-10(15)6-9(13(18)19)7-11(12)16/h6-7,17H,4-5,8H2,1-3H3,(H,18,19). The zero-order chi connectivity index (χ0) is 15.3. The van der Waals surface area contributed by atoms with Crippen LogP contribution in [-0.2, 0) is 0 Å². The molecule has 20 heavy (non-hydrogen) atoms. The van der Waals surface area contributed by atoms with E-state index in [1.165, 1.54) is 0 Å². The molecule has 0 amide bonds. The van der Waals surface area contributed by atoms with Crippen molar-refractivity contribution < 1.29 is 18.7 Å². The molecule has 0 fully saturated rings. The first kappa shape index (κ1) is 16.8. The summed E-state index contributed by atoms with van der Waals surface area (Å²) in [6.07, 6.45) is 3.71. The third-order valence-corrected chi connectivity index (χ3v) is 5.19. The third kappa shape index (κ3) is 3.62. The summed E-state index contributed by atoms with van der Waals surface area (Å²) in [6.45, 7) is 4.48. The number of thioether (sulfide) groups is 1. The molecule has 3 nitrogen and oxygen atoms in total. The van der Waals surface area contributed by atoms with E-state index in [4.69, 9.17) is 5.11 Å². The molecule has 0 atom stereocenters. The Bertz CT molecular complexity index is 459. The van der Waals surface area contributed by atoms with E-state index in [0.29, 0.717) is 6.54 Å². The molecule has 0 heterocycles. The molecule has 1 rings (SSSR count). The molecule has 0 unspecified atom stereocenters. The molecule has 112 valence electrons. The predicted octanol–water partition coefficient (Wildman–Crippen LogP) is 4.00. The Morgan fingerprint density at radius 3 is 2.15 bits per heavy atom. The number of hydrogen-bond acceptors (Lipinski definition) is 3. The van der Waals surface area contributed by atoms with Crippen molar-refractivity contribution in [1.29, 1.82) is 0 Å². The Kier molecular flexibility index (Phi) is 5.80. The molecule has 6 heteroatoms.